The third kappa shape index (κ3) is 2.72. The van der Waals surface area contributed by atoms with Crippen molar-refractivity contribution in [1.29, 1.82) is 0 Å². The summed E-state index contributed by atoms with van der Waals surface area (Å²) in [4.78, 5) is 11.4. The molecule has 114 valence electrons. The van der Waals surface area contributed by atoms with Gasteiger partial charge in [0.2, 0.25) is 0 Å². The number of rotatable bonds is 3. The van der Waals surface area contributed by atoms with E-state index < -0.39 is 17.7 Å². The lowest BCUT2D eigenvalue weighted by molar-refractivity contribution is 0.130. The Hall–Kier alpha value is -1.69. The molecule has 0 radical (unpaired) electrons. The van der Waals surface area contributed by atoms with Crippen molar-refractivity contribution in [3.05, 3.63) is 29.3 Å². The van der Waals surface area contributed by atoms with Gasteiger partial charge in [-0.05, 0) is 37.8 Å². The molecular weight excluding hydrogens is 280 g/mol. The minimum absolute atomic E-state index is 0.0569. The number of ether oxygens (including phenoxy) is 2. The Labute approximate surface area is 121 Å². The molecule has 2 aliphatic rings. The largest absolute Gasteiger partial charge is 0.447 e. The van der Waals surface area contributed by atoms with Gasteiger partial charge in [0.1, 0.15) is 11.6 Å². The van der Waals surface area contributed by atoms with Gasteiger partial charge >= 0.3 is 6.09 Å². The summed E-state index contributed by atoms with van der Waals surface area (Å²) >= 11 is 0. The molecule has 1 amide bonds. The molecule has 2 fully saturated rings. The number of amides is 1. The highest BCUT2D eigenvalue weighted by atomic mass is 19.1. The number of carbonyl (C=O) groups excluding carboxylic acids is 1. The van der Waals surface area contributed by atoms with E-state index in [-0.39, 0.29) is 35.1 Å². The SMILES string of the molecule is CC(C)OC(=O)Nc1cc(F)c(C2C3COCC32)c(F)c1. The molecule has 2 unspecified atom stereocenters. The van der Waals surface area contributed by atoms with E-state index in [9.17, 15) is 13.6 Å². The topological polar surface area (TPSA) is 47.6 Å². The first-order valence-corrected chi connectivity index (χ1v) is 7.01. The number of fused-ring (bicyclic) bond motifs is 1. The van der Waals surface area contributed by atoms with Crippen LogP contribution >= 0.6 is 0 Å². The van der Waals surface area contributed by atoms with E-state index in [2.05, 4.69) is 5.32 Å². The van der Waals surface area contributed by atoms with Crippen LogP contribution in [0.25, 0.3) is 0 Å². The van der Waals surface area contributed by atoms with Crippen molar-refractivity contribution in [2.75, 3.05) is 18.5 Å². The van der Waals surface area contributed by atoms with E-state index in [1.807, 2.05) is 0 Å². The number of anilines is 1. The molecule has 1 N–H and O–H groups in total. The van der Waals surface area contributed by atoms with Crippen molar-refractivity contribution in [2.45, 2.75) is 25.9 Å². The van der Waals surface area contributed by atoms with E-state index >= 15 is 0 Å². The highest BCUT2D eigenvalue weighted by Gasteiger charge is 2.56. The molecule has 21 heavy (non-hydrogen) atoms. The Morgan fingerprint density at radius 1 is 1.29 bits per heavy atom. The van der Waals surface area contributed by atoms with E-state index in [0.717, 1.165) is 12.1 Å². The molecule has 4 nitrogen and oxygen atoms in total. The first-order valence-electron chi connectivity index (χ1n) is 7.01. The smallest absolute Gasteiger partial charge is 0.411 e. The Kier molecular flexibility index (Phi) is 3.57. The van der Waals surface area contributed by atoms with Crippen LogP contribution < -0.4 is 5.32 Å². The maximum atomic E-state index is 14.1. The molecule has 1 aromatic carbocycles. The van der Waals surface area contributed by atoms with Gasteiger partial charge in [0, 0.05) is 17.2 Å². The minimum Gasteiger partial charge on any atom is -0.447 e. The fraction of sp³-hybridized carbons (Fsp3) is 0.533. The fourth-order valence-corrected chi connectivity index (χ4v) is 3.00. The summed E-state index contributed by atoms with van der Waals surface area (Å²) in [7, 11) is 0. The van der Waals surface area contributed by atoms with Crippen molar-refractivity contribution < 1.29 is 23.0 Å². The normalized spacial score (nSPS) is 26.6. The molecule has 0 spiro atoms. The number of carbonyl (C=O) groups is 1. The predicted octanol–water partition coefficient (Wildman–Crippen LogP) is 3.28. The summed E-state index contributed by atoms with van der Waals surface area (Å²) in [5, 5.41) is 2.33. The van der Waals surface area contributed by atoms with Gasteiger partial charge in [-0.1, -0.05) is 0 Å². The molecule has 6 heteroatoms. The minimum atomic E-state index is -0.728. The van der Waals surface area contributed by atoms with Gasteiger partial charge in [0.25, 0.3) is 0 Å². The Balaban J connectivity index is 1.75. The van der Waals surface area contributed by atoms with Crippen molar-refractivity contribution in [1.82, 2.24) is 0 Å². The van der Waals surface area contributed by atoms with E-state index in [1.54, 1.807) is 13.8 Å². The van der Waals surface area contributed by atoms with Crippen LogP contribution in [0.3, 0.4) is 0 Å². The highest BCUT2D eigenvalue weighted by Crippen LogP contribution is 2.58. The average molecular weight is 297 g/mol. The van der Waals surface area contributed by atoms with Crippen LogP contribution in [0.15, 0.2) is 12.1 Å². The molecule has 3 rings (SSSR count). The molecule has 0 aromatic heterocycles. The summed E-state index contributed by atoms with van der Waals surface area (Å²) in [5.74, 6) is -0.920. The molecule has 0 bridgehead atoms. The van der Waals surface area contributed by atoms with Crippen molar-refractivity contribution in [3.8, 4) is 0 Å². The van der Waals surface area contributed by atoms with E-state index in [0.29, 0.717) is 13.2 Å². The zero-order valence-electron chi connectivity index (χ0n) is 11.9. The second kappa shape index (κ2) is 5.26. The van der Waals surface area contributed by atoms with Crippen LogP contribution in [-0.4, -0.2) is 25.4 Å². The van der Waals surface area contributed by atoms with Crippen molar-refractivity contribution >= 4 is 11.8 Å². The van der Waals surface area contributed by atoms with Crippen LogP contribution in [0.2, 0.25) is 0 Å². The summed E-state index contributed by atoms with van der Waals surface area (Å²) in [6, 6.07) is 2.27. The fourth-order valence-electron chi connectivity index (χ4n) is 3.00. The second-order valence-corrected chi connectivity index (χ2v) is 5.82. The summed E-state index contributed by atoms with van der Waals surface area (Å²) in [6.07, 6.45) is -1.03. The summed E-state index contributed by atoms with van der Waals surface area (Å²) in [5.41, 5.74) is 0.164. The van der Waals surface area contributed by atoms with E-state index in [4.69, 9.17) is 9.47 Å². The Bertz CT molecular complexity index is 543. The molecule has 1 saturated heterocycles. The Morgan fingerprint density at radius 3 is 2.38 bits per heavy atom. The summed E-state index contributed by atoms with van der Waals surface area (Å²) < 4.78 is 38.4. The third-order valence-electron chi connectivity index (χ3n) is 3.95. The van der Waals surface area contributed by atoms with Crippen LogP contribution in [0, 0.1) is 23.5 Å². The van der Waals surface area contributed by atoms with Gasteiger partial charge in [-0.25, -0.2) is 13.6 Å². The van der Waals surface area contributed by atoms with Crippen molar-refractivity contribution in [3.63, 3.8) is 0 Å². The number of halogens is 2. The van der Waals surface area contributed by atoms with Crippen LogP contribution in [0.5, 0.6) is 0 Å². The van der Waals surface area contributed by atoms with E-state index in [1.165, 1.54) is 0 Å². The van der Waals surface area contributed by atoms with Crippen LogP contribution in [0.1, 0.15) is 25.3 Å². The Morgan fingerprint density at radius 2 is 1.86 bits per heavy atom. The number of benzene rings is 1. The molecule has 1 aromatic rings. The van der Waals surface area contributed by atoms with Gasteiger partial charge in [-0.2, -0.15) is 0 Å². The first-order chi connectivity index (χ1) is 9.97. The molecule has 1 aliphatic heterocycles. The van der Waals surface area contributed by atoms with Crippen LogP contribution in [0.4, 0.5) is 19.3 Å². The molecular formula is C15H17F2NO3. The molecule has 1 saturated carbocycles. The summed E-state index contributed by atoms with van der Waals surface area (Å²) in [6.45, 7) is 4.51. The number of nitrogens with one attached hydrogen (secondary N) is 1. The van der Waals surface area contributed by atoms with Gasteiger partial charge in [0.15, 0.2) is 0 Å². The molecule has 2 atom stereocenters. The van der Waals surface area contributed by atoms with Gasteiger partial charge in [-0.15, -0.1) is 0 Å². The van der Waals surface area contributed by atoms with Crippen molar-refractivity contribution in [2.24, 2.45) is 11.8 Å². The quantitative estimate of drug-likeness (QED) is 0.931. The zero-order valence-corrected chi connectivity index (χ0v) is 11.9. The monoisotopic (exact) mass is 297 g/mol. The predicted molar refractivity (Wildman–Crippen MR) is 72.1 cm³/mol. The first kappa shape index (κ1) is 14.3. The third-order valence-corrected chi connectivity index (χ3v) is 3.95. The molecule has 1 aliphatic carbocycles. The zero-order chi connectivity index (χ0) is 15.1. The highest BCUT2D eigenvalue weighted by molar-refractivity contribution is 5.84. The second-order valence-electron chi connectivity index (χ2n) is 5.82. The molecule has 1 heterocycles. The lowest BCUT2D eigenvalue weighted by Gasteiger charge is -2.12. The van der Waals surface area contributed by atoms with Crippen LogP contribution in [-0.2, 0) is 9.47 Å². The van der Waals surface area contributed by atoms with Gasteiger partial charge < -0.3 is 9.47 Å². The maximum Gasteiger partial charge on any atom is 0.411 e. The maximum absolute atomic E-state index is 14.1. The standard InChI is InChI=1S/C15H17F2NO3/c1-7(2)21-15(19)18-8-3-11(16)14(12(17)4-8)13-9-5-20-6-10(9)13/h3-4,7,9-10,13H,5-6H2,1-2H3,(H,18,19). The lowest BCUT2D eigenvalue weighted by atomic mass is 10.1. The lowest BCUT2D eigenvalue weighted by Crippen LogP contribution is -2.18. The number of hydrogen-bond acceptors (Lipinski definition) is 3. The van der Waals surface area contributed by atoms with Gasteiger partial charge in [-0.3, -0.25) is 5.32 Å². The van der Waals surface area contributed by atoms with Gasteiger partial charge in [0.05, 0.1) is 19.3 Å². The average Bonchev–Trinajstić information content (AvgIpc) is 2.80. The number of hydrogen-bond donors (Lipinski definition) is 1.